The minimum atomic E-state index is -0.803. The predicted molar refractivity (Wildman–Crippen MR) is 38.9 cm³/mol. The van der Waals surface area contributed by atoms with E-state index in [4.69, 9.17) is 0 Å². The zero-order valence-corrected chi connectivity index (χ0v) is 7.34. The minimum absolute atomic E-state index is 0.284. The fraction of sp³-hybridized carbons (Fsp3) is 0.857. The third kappa shape index (κ3) is 7.12. The highest BCUT2D eigenvalue weighted by Gasteiger charge is 2.15. The molecule has 0 aliphatic carbocycles. The molecule has 0 aliphatic rings. The van der Waals surface area contributed by atoms with Gasteiger partial charge in [0.2, 0.25) is 0 Å². The van der Waals surface area contributed by atoms with Crippen LogP contribution < -0.4 is 0 Å². The molecule has 0 bridgehead atoms. The Labute approximate surface area is 66.4 Å². The van der Waals surface area contributed by atoms with Gasteiger partial charge in [-0.25, -0.2) is 4.79 Å². The molecule has 0 N–H and O–H groups in total. The van der Waals surface area contributed by atoms with Crippen molar-refractivity contribution in [2.45, 2.75) is 33.3 Å². The maximum atomic E-state index is 10.5. The van der Waals surface area contributed by atoms with E-state index in [2.05, 4.69) is 14.5 Å². The molecule has 0 aromatic heterocycles. The molecule has 0 aliphatic heterocycles. The van der Waals surface area contributed by atoms with Gasteiger partial charge in [-0.15, -0.1) is 0 Å². The molecule has 4 heteroatoms. The number of carbonyl (C=O) groups excluding carboxylic acids is 1. The SMILES string of the molecule is CCOC(=O)OOC(C)(C)C. The van der Waals surface area contributed by atoms with Crippen LogP contribution in [0.2, 0.25) is 0 Å². The van der Waals surface area contributed by atoms with Gasteiger partial charge in [0.1, 0.15) is 5.60 Å². The molecule has 0 unspecified atom stereocenters. The van der Waals surface area contributed by atoms with Gasteiger partial charge >= 0.3 is 6.16 Å². The first kappa shape index (κ1) is 10.2. The summed E-state index contributed by atoms with van der Waals surface area (Å²) in [4.78, 5) is 19.5. The molecule has 0 radical (unpaired) electrons. The topological polar surface area (TPSA) is 44.8 Å². The first-order valence-corrected chi connectivity index (χ1v) is 3.48. The normalized spacial score (nSPS) is 10.9. The van der Waals surface area contributed by atoms with Crippen molar-refractivity contribution in [1.82, 2.24) is 0 Å². The van der Waals surface area contributed by atoms with Crippen molar-refractivity contribution in [3.05, 3.63) is 0 Å². The summed E-state index contributed by atoms with van der Waals surface area (Å²) in [5.41, 5.74) is -0.493. The van der Waals surface area contributed by atoms with Gasteiger partial charge in [0.15, 0.2) is 0 Å². The van der Waals surface area contributed by atoms with E-state index in [1.54, 1.807) is 27.7 Å². The number of hydrogen-bond donors (Lipinski definition) is 0. The third-order valence-electron chi connectivity index (χ3n) is 0.622. The monoisotopic (exact) mass is 162 g/mol. The molecule has 0 saturated carbocycles. The van der Waals surface area contributed by atoms with Gasteiger partial charge in [-0.3, -0.25) is 4.89 Å². The maximum Gasteiger partial charge on any atom is 0.540 e. The van der Waals surface area contributed by atoms with Gasteiger partial charge in [0.05, 0.1) is 6.61 Å². The van der Waals surface area contributed by atoms with Crippen LogP contribution in [0.15, 0.2) is 0 Å². The second-order valence-corrected chi connectivity index (χ2v) is 2.96. The van der Waals surface area contributed by atoms with Crippen LogP contribution in [0.1, 0.15) is 27.7 Å². The van der Waals surface area contributed by atoms with Crippen LogP contribution >= 0.6 is 0 Å². The molecule has 0 saturated heterocycles. The lowest BCUT2D eigenvalue weighted by atomic mass is 10.2. The van der Waals surface area contributed by atoms with Crippen LogP contribution in [-0.4, -0.2) is 18.4 Å². The van der Waals surface area contributed by atoms with Crippen LogP contribution in [0.4, 0.5) is 4.79 Å². The Bertz CT molecular complexity index is 125. The van der Waals surface area contributed by atoms with Crippen molar-refractivity contribution in [3.63, 3.8) is 0 Å². The van der Waals surface area contributed by atoms with Crippen LogP contribution in [-0.2, 0) is 14.5 Å². The first-order valence-electron chi connectivity index (χ1n) is 3.48. The van der Waals surface area contributed by atoms with Crippen molar-refractivity contribution in [3.8, 4) is 0 Å². The number of rotatable bonds is 2. The molecular weight excluding hydrogens is 148 g/mol. The van der Waals surface area contributed by atoms with Gasteiger partial charge < -0.3 is 4.74 Å². The first-order chi connectivity index (χ1) is 4.95. The molecule has 0 aromatic rings. The molecule has 0 spiro atoms. The van der Waals surface area contributed by atoms with Gasteiger partial charge in [-0.2, -0.15) is 4.89 Å². The summed E-state index contributed by atoms with van der Waals surface area (Å²) in [6, 6.07) is 0. The summed E-state index contributed by atoms with van der Waals surface area (Å²) in [7, 11) is 0. The van der Waals surface area contributed by atoms with E-state index in [-0.39, 0.29) is 6.61 Å². The smallest absolute Gasteiger partial charge is 0.433 e. The summed E-state index contributed by atoms with van der Waals surface area (Å²) in [6.07, 6.45) is -0.803. The lowest BCUT2D eigenvalue weighted by Crippen LogP contribution is -2.22. The molecule has 0 heterocycles. The average Bonchev–Trinajstić information content (AvgIpc) is 1.83. The Morgan fingerprint density at radius 1 is 1.36 bits per heavy atom. The van der Waals surface area contributed by atoms with Crippen molar-refractivity contribution in [2.75, 3.05) is 6.61 Å². The fourth-order valence-electron chi connectivity index (χ4n) is 0.301. The van der Waals surface area contributed by atoms with Crippen LogP contribution in [0.3, 0.4) is 0 Å². The number of hydrogen-bond acceptors (Lipinski definition) is 4. The van der Waals surface area contributed by atoms with Gasteiger partial charge in [-0.05, 0) is 27.7 Å². The Morgan fingerprint density at radius 3 is 2.27 bits per heavy atom. The predicted octanol–water partition coefficient (Wildman–Crippen LogP) is 1.89. The second-order valence-electron chi connectivity index (χ2n) is 2.96. The van der Waals surface area contributed by atoms with E-state index >= 15 is 0 Å². The third-order valence-corrected chi connectivity index (χ3v) is 0.622. The zero-order valence-electron chi connectivity index (χ0n) is 7.34. The van der Waals surface area contributed by atoms with E-state index in [1.165, 1.54) is 0 Å². The minimum Gasteiger partial charge on any atom is -0.433 e. The standard InChI is InChI=1S/C7H14O4/c1-5-9-6(8)10-11-7(2,3)4/h5H2,1-4H3. The fourth-order valence-corrected chi connectivity index (χ4v) is 0.301. The molecular formula is C7H14O4. The number of ether oxygens (including phenoxy) is 1. The second kappa shape index (κ2) is 4.18. The summed E-state index contributed by atoms with van der Waals surface area (Å²) in [6.45, 7) is 7.29. The van der Waals surface area contributed by atoms with E-state index in [1.807, 2.05) is 0 Å². The van der Waals surface area contributed by atoms with E-state index < -0.39 is 11.8 Å². The van der Waals surface area contributed by atoms with E-state index in [0.29, 0.717) is 0 Å². The van der Waals surface area contributed by atoms with Crippen LogP contribution in [0, 0.1) is 0 Å². The van der Waals surface area contributed by atoms with E-state index in [0.717, 1.165) is 0 Å². The Balaban J connectivity index is 3.46. The van der Waals surface area contributed by atoms with Gasteiger partial charge in [-0.1, -0.05) is 0 Å². The molecule has 66 valence electrons. The van der Waals surface area contributed by atoms with Crippen molar-refractivity contribution in [2.24, 2.45) is 0 Å². The molecule has 0 fully saturated rings. The van der Waals surface area contributed by atoms with Crippen molar-refractivity contribution in [1.29, 1.82) is 0 Å². The maximum absolute atomic E-state index is 10.5. The highest BCUT2D eigenvalue weighted by atomic mass is 17.2. The van der Waals surface area contributed by atoms with Gasteiger partial charge in [0, 0.05) is 0 Å². The Hall–Kier alpha value is -0.770. The summed E-state index contributed by atoms with van der Waals surface area (Å²) in [5.74, 6) is 0. The lowest BCUT2D eigenvalue weighted by Gasteiger charge is -2.15. The highest BCUT2D eigenvalue weighted by molar-refractivity contribution is 5.58. The number of carbonyl (C=O) groups is 1. The Morgan fingerprint density at radius 2 is 1.91 bits per heavy atom. The molecule has 0 aromatic carbocycles. The molecule has 4 nitrogen and oxygen atoms in total. The van der Waals surface area contributed by atoms with Crippen molar-refractivity contribution >= 4 is 6.16 Å². The summed E-state index contributed by atoms with van der Waals surface area (Å²) in [5, 5.41) is 0. The lowest BCUT2D eigenvalue weighted by molar-refractivity contribution is -0.311. The molecule has 0 rings (SSSR count). The highest BCUT2D eigenvalue weighted by Crippen LogP contribution is 2.07. The Kier molecular flexibility index (Phi) is 3.89. The van der Waals surface area contributed by atoms with Crippen molar-refractivity contribution < 1.29 is 19.3 Å². The van der Waals surface area contributed by atoms with Crippen LogP contribution in [0.5, 0.6) is 0 Å². The molecule has 0 amide bonds. The largest absolute Gasteiger partial charge is 0.540 e. The molecule has 0 atom stereocenters. The van der Waals surface area contributed by atoms with Crippen LogP contribution in [0.25, 0.3) is 0 Å². The zero-order chi connectivity index (χ0) is 8.91. The molecule has 11 heavy (non-hydrogen) atoms. The summed E-state index contributed by atoms with van der Waals surface area (Å²) < 4.78 is 4.45. The average molecular weight is 162 g/mol. The van der Waals surface area contributed by atoms with Gasteiger partial charge in [0.25, 0.3) is 0 Å². The summed E-state index contributed by atoms with van der Waals surface area (Å²) >= 11 is 0. The van der Waals surface area contributed by atoms with E-state index in [9.17, 15) is 4.79 Å². The quantitative estimate of drug-likeness (QED) is 0.353.